The van der Waals surface area contributed by atoms with E-state index in [4.69, 9.17) is 0 Å². The summed E-state index contributed by atoms with van der Waals surface area (Å²) < 4.78 is 0. The summed E-state index contributed by atoms with van der Waals surface area (Å²) >= 11 is 4.19. The summed E-state index contributed by atoms with van der Waals surface area (Å²) in [6.07, 6.45) is 0. The second kappa shape index (κ2) is 3.62. The lowest BCUT2D eigenvalue weighted by molar-refractivity contribution is 0.974. The molecule has 0 spiro atoms. The van der Waals surface area contributed by atoms with Crippen molar-refractivity contribution in [3.05, 3.63) is 24.4 Å². The largest absolute Gasteiger partial charge is 0.388 e. The molecule has 0 rings (SSSR count). The van der Waals surface area contributed by atoms with Gasteiger partial charge in [-0.05, 0) is 12.5 Å². The van der Waals surface area contributed by atoms with Crippen molar-refractivity contribution in [2.24, 2.45) is 0 Å². The van der Waals surface area contributed by atoms with Crippen LogP contribution in [-0.2, 0) is 0 Å². The van der Waals surface area contributed by atoms with E-state index in [0.717, 1.165) is 11.3 Å². The molecule has 0 saturated carbocycles. The fourth-order valence-corrected chi connectivity index (χ4v) is 0.569. The minimum atomic E-state index is 0.185. The van der Waals surface area contributed by atoms with Gasteiger partial charge in [-0.15, -0.1) is 0 Å². The molecule has 0 amide bonds. The zero-order valence-corrected chi connectivity index (χ0v) is 6.83. The molecule has 1 N–H and O–H groups in total. The molecule has 0 aliphatic rings. The van der Waals surface area contributed by atoms with Crippen molar-refractivity contribution in [1.82, 2.24) is 5.32 Å². The lowest BCUT2D eigenvalue weighted by Crippen LogP contribution is -2.10. The van der Waals surface area contributed by atoms with Crippen molar-refractivity contribution in [1.29, 1.82) is 0 Å². The summed E-state index contributed by atoms with van der Waals surface area (Å²) in [4.78, 5) is 0. The van der Waals surface area contributed by atoms with E-state index in [0.29, 0.717) is 0 Å². The molecule has 52 valence electrons. The Hall–Kier alpha value is -0.370. The van der Waals surface area contributed by atoms with Gasteiger partial charge in [-0.2, -0.15) is 12.6 Å². The molecule has 0 heterocycles. The van der Waals surface area contributed by atoms with Crippen LogP contribution in [0.5, 0.6) is 0 Å². The van der Waals surface area contributed by atoms with Gasteiger partial charge in [-0.3, -0.25) is 0 Å². The smallest absolute Gasteiger partial charge is 0.0302 e. The lowest BCUT2D eigenvalue weighted by Gasteiger charge is -2.10. The Morgan fingerprint density at radius 1 is 1.56 bits per heavy atom. The minimum absolute atomic E-state index is 0.185. The summed E-state index contributed by atoms with van der Waals surface area (Å²) in [5.74, 6) is 0. The number of hydrogen-bond donors (Lipinski definition) is 2. The van der Waals surface area contributed by atoms with E-state index in [1.165, 1.54) is 0 Å². The fraction of sp³-hybridized carbons (Fsp3) is 0.429. The third-order valence-electron chi connectivity index (χ3n) is 1.19. The Morgan fingerprint density at radius 3 is 2.11 bits per heavy atom. The highest BCUT2D eigenvalue weighted by Crippen LogP contribution is 2.11. The van der Waals surface area contributed by atoms with Crippen LogP contribution in [0, 0.1) is 0 Å². The summed E-state index contributed by atoms with van der Waals surface area (Å²) in [6, 6.07) is 0. The maximum Gasteiger partial charge on any atom is 0.0302 e. The maximum absolute atomic E-state index is 4.19. The number of hydrogen-bond acceptors (Lipinski definition) is 2. The Morgan fingerprint density at radius 2 is 2.00 bits per heavy atom. The van der Waals surface area contributed by atoms with Crippen LogP contribution >= 0.6 is 12.6 Å². The van der Waals surface area contributed by atoms with E-state index >= 15 is 0 Å². The van der Waals surface area contributed by atoms with Gasteiger partial charge in [0.05, 0.1) is 0 Å². The number of allylic oxidation sites excluding steroid dienone is 1. The average Bonchev–Trinajstić information content (AvgIpc) is 1.84. The van der Waals surface area contributed by atoms with E-state index in [-0.39, 0.29) is 5.25 Å². The van der Waals surface area contributed by atoms with Crippen molar-refractivity contribution in [2.45, 2.75) is 12.2 Å². The molecule has 0 radical (unpaired) electrons. The van der Waals surface area contributed by atoms with Gasteiger partial charge >= 0.3 is 0 Å². The van der Waals surface area contributed by atoms with E-state index in [2.05, 4.69) is 31.1 Å². The molecule has 2 heteroatoms. The van der Waals surface area contributed by atoms with Gasteiger partial charge in [-0.1, -0.05) is 13.2 Å². The molecule has 0 aromatic rings. The first kappa shape index (κ1) is 8.63. The molecular formula is C7H13NS. The molecule has 0 saturated heterocycles. The van der Waals surface area contributed by atoms with Crippen LogP contribution in [0.4, 0.5) is 0 Å². The Kier molecular flexibility index (Phi) is 3.47. The second-order valence-corrected chi connectivity index (χ2v) is 2.70. The first-order chi connectivity index (χ1) is 4.09. The maximum atomic E-state index is 4.19. The summed E-state index contributed by atoms with van der Waals surface area (Å²) in [5.41, 5.74) is 1.80. The van der Waals surface area contributed by atoms with Crippen LogP contribution in [0.2, 0.25) is 0 Å². The Balaban J connectivity index is 3.89. The summed E-state index contributed by atoms with van der Waals surface area (Å²) in [7, 11) is 1.82. The van der Waals surface area contributed by atoms with Crippen molar-refractivity contribution >= 4 is 12.6 Å². The highest BCUT2D eigenvalue weighted by molar-refractivity contribution is 7.81. The summed E-state index contributed by atoms with van der Waals surface area (Å²) in [5, 5.41) is 3.09. The Labute approximate surface area is 62.3 Å². The van der Waals surface area contributed by atoms with Crippen molar-refractivity contribution in [2.75, 3.05) is 7.05 Å². The molecule has 0 aliphatic carbocycles. The standard InChI is InChI=1S/C7H13NS/c1-5(7(3)9)6(2)8-4/h7-9H,1-2H2,3-4H3. The molecule has 0 aromatic heterocycles. The van der Waals surface area contributed by atoms with Gasteiger partial charge in [0, 0.05) is 18.0 Å². The zero-order valence-electron chi connectivity index (χ0n) is 5.94. The minimum Gasteiger partial charge on any atom is -0.388 e. The average molecular weight is 143 g/mol. The molecule has 0 fully saturated rings. The van der Waals surface area contributed by atoms with E-state index < -0.39 is 0 Å². The molecule has 1 atom stereocenters. The van der Waals surface area contributed by atoms with Crippen LogP contribution in [0.3, 0.4) is 0 Å². The fourth-order valence-electron chi connectivity index (χ4n) is 0.413. The second-order valence-electron chi connectivity index (χ2n) is 1.93. The van der Waals surface area contributed by atoms with Crippen LogP contribution in [-0.4, -0.2) is 12.3 Å². The monoisotopic (exact) mass is 143 g/mol. The predicted octanol–water partition coefficient (Wildman–Crippen LogP) is 1.59. The third kappa shape index (κ3) is 2.61. The van der Waals surface area contributed by atoms with Crippen LogP contribution in [0.15, 0.2) is 24.4 Å². The van der Waals surface area contributed by atoms with E-state index in [1.807, 2.05) is 14.0 Å². The molecule has 0 aliphatic heterocycles. The van der Waals surface area contributed by atoms with Gasteiger partial charge in [0.1, 0.15) is 0 Å². The molecule has 0 bridgehead atoms. The quantitative estimate of drug-likeness (QED) is 0.451. The normalized spacial score (nSPS) is 12.3. The van der Waals surface area contributed by atoms with E-state index in [9.17, 15) is 0 Å². The Bertz CT molecular complexity index is 127. The first-order valence-electron chi connectivity index (χ1n) is 2.83. The number of likely N-dealkylation sites (N-methyl/N-ethyl adjacent to an activating group) is 1. The van der Waals surface area contributed by atoms with Gasteiger partial charge in [0.25, 0.3) is 0 Å². The molecule has 0 aromatic carbocycles. The summed E-state index contributed by atoms with van der Waals surface area (Å²) in [6.45, 7) is 9.49. The molecule has 1 nitrogen and oxygen atoms in total. The van der Waals surface area contributed by atoms with Gasteiger partial charge in [0.2, 0.25) is 0 Å². The van der Waals surface area contributed by atoms with Crippen LogP contribution in [0.25, 0.3) is 0 Å². The van der Waals surface area contributed by atoms with Crippen molar-refractivity contribution in [3.8, 4) is 0 Å². The third-order valence-corrected chi connectivity index (χ3v) is 1.51. The molecule has 1 unspecified atom stereocenters. The zero-order chi connectivity index (χ0) is 7.44. The number of thiol groups is 1. The topological polar surface area (TPSA) is 12.0 Å². The van der Waals surface area contributed by atoms with Crippen molar-refractivity contribution in [3.63, 3.8) is 0 Å². The molecule has 9 heavy (non-hydrogen) atoms. The van der Waals surface area contributed by atoms with Crippen LogP contribution < -0.4 is 5.32 Å². The lowest BCUT2D eigenvalue weighted by atomic mass is 10.2. The van der Waals surface area contributed by atoms with Gasteiger partial charge in [0.15, 0.2) is 0 Å². The predicted molar refractivity (Wildman–Crippen MR) is 45.8 cm³/mol. The first-order valence-corrected chi connectivity index (χ1v) is 3.35. The van der Waals surface area contributed by atoms with Crippen molar-refractivity contribution < 1.29 is 0 Å². The molecular weight excluding hydrogens is 130 g/mol. The highest BCUT2D eigenvalue weighted by Gasteiger charge is 2.01. The van der Waals surface area contributed by atoms with Gasteiger partial charge in [-0.25, -0.2) is 0 Å². The number of rotatable bonds is 3. The van der Waals surface area contributed by atoms with Gasteiger partial charge < -0.3 is 5.32 Å². The highest BCUT2D eigenvalue weighted by atomic mass is 32.1. The SMILES string of the molecule is C=C(NC)C(=C)C(C)S. The van der Waals surface area contributed by atoms with Crippen LogP contribution in [0.1, 0.15) is 6.92 Å². The number of nitrogens with one attached hydrogen (secondary N) is 1. The van der Waals surface area contributed by atoms with E-state index in [1.54, 1.807) is 0 Å².